The molecule has 0 radical (unpaired) electrons. The predicted molar refractivity (Wildman–Crippen MR) is 136 cm³/mol. The number of nitrogens with zero attached hydrogens (tertiary/aromatic N) is 1. The van der Waals surface area contributed by atoms with Crippen molar-refractivity contribution in [3.05, 3.63) is 41.5 Å². The van der Waals surface area contributed by atoms with E-state index in [2.05, 4.69) is 18.2 Å². The SMILES string of the molecule is C#C.O=COCc1cc(CCCCNC(=O)CCN2C(=O)C=CC2=O)ccc1OC1CC(O)CC(C(=O)O)O1. The van der Waals surface area contributed by atoms with Crippen LogP contribution < -0.4 is 10.1 Å². The van der Waals surface area contributed by atoms with Gasteiger partial charge in [-0.2, -0.15) is 0 Å². The minimum absolute atomic E-state index is 0.0228. The van der Waals surface area contributed by atoms with Crippen LogP contribution in [0.5, 0.6) is 5.75 Å². The summed E-state index contributed by atoms with van der Waals surface area (Å²) in [4.78, 5) is 58.0. The van der Waals surface area contributed by atoms with E-state index in [1.807, 2.05) is 12.1 Å². The van der Waals surface area contributed by atoms with E-state index in [0.29, 0.717) is 37.2 Å². The second-order valence-electron chi connectivity index (χ2n) is 8.70. The number of terminal acetylenes is 1. The van der Waals surface area contributed by atoms with Crippen LogP contribution in [-0.4, -0.2) is 76.9 Å². The maximum Gasteiger partial charge on any atom is 0.333 e. The molecular formula is C27H32N2O10. The van der Waals surface area contributed by atoms with Crippen molar-refractivity contribution in [2.75, 3.05) is 13.1 Å². The van der Waals surface area contributed by atoms with Gasteiger partial charge >= 0.3 is 5.97 Å². The van der Waals surface area contributed by atoms with E-state index < -0.39 is 36.3 Å². The van der Waals surface area contributed by atoms with Crippen molar-refractivity contribution in [1.29, 1.82) is 0 Å². The van der Waals surface area contributed by atoms with Gasteiger partial charge in [-0.05, 0) is 37.0 Å². The lowest BCUT2D eigenvalue weighted by atomic mass is 10.0. The number of imide groups is 1. The summed E-state index contributed by atoms with van der Waals surface area (Å²) in [6.07, 6.45) is 9.57. The van der Waals surface area contributed by atoms with Crippen molar-refractivity contribution in [3.63, 3.8) is 0 Å². The number of aliphatic hydroxyl groups excluding tert-OH is 1. The number of nitrogens with one attached hydrogen (secondary N) is 1. The van der Waals surface area contributed by atoms with Crippen LogP contribution in [0.4, 0.5) is 0 Å². The lowest BCUT2D eigenvalue weighted by molar-refractivity contribution is -0.195. The molecule has 0 saturated carbocycles. The standard InChI is InChI=1S/C25H30N2O10.C2H2/c28-15-35-14-17-11-16(4-5-19(17)36-24-13-18(29)12-20(37-24)25(33)34)3-1-2-9-26-21(30)8-10-27-22(31)6-7-23(27)32;1-2/h4-7,11,15,18,20,24,29H,1-3,8-10,12-14H2,(H,26,30)(H,33,34);1-2H. The lowest BCUT2D eigenvalue weighted by Gasteiger charge is -2.31. The Morgan fingerprint density at radius 1 is 1.15 bits per heavy atom. The van der Waals surface area contributed by atoms with Crippen molar-refractivity contribution >= 4 is 30.2 Å². The zero-order valence-electron chi connectivity index (χ0n) is 21.3. The zero-order valence-corrected chi connectivity index (χ0v) is 21.3. The summed E-state index contributed by atoms with van der Waals surface area (Å²) < 4.78 is 16.1. The first-order valence-electron chi connectivity index (χ1n) is 12.3. The Morgan fingerprint density at radius 2 is 1.87 bits per heavy atom. The Bertz CT molecular complexity index is 1070. The molecule has 210 valence electrons. The summed E-state index contributed by atoms with van der Waals surface area (Å²) >= 11 is 0. The number of aliphatic carboxylic acids is 1. The Morgan fingerprint density at radius 3 is 2.54 bits per heavy atom. The normalized spacial score (nSPS) is 20.1. The number of carboxylic acids is 1. The Hall–Kier alpha value is -4.21. The van der Waals surface area contributed by atoms with E-state index in [4.69, 9.17) is 14.2 Å². The minimum atomic E-state index is -1.18. The molecule has 3 atom stereocenters. The number of benzene rings is 1. The highest BCUT2D eigenvalue weighted by Gasteiger charge is 2.34. The molecule has 1 aromatic carbocycles. The summed E-state index contributed by atoms with van der Waals surface area (Å²) in [6.45, 7) is 0.732. The van der Waals surface area contributed by atoms with Gasteiger partial charge in [-0.1, -0.05) is 6.07 Å². The molecule has 12 nitrogen and oxygen atoms in total. The molecule has 0 spiro atoms. The highest BCUT2D eigenvalue weighted by Crippen LogP contribution is 2.28. The first-order chi connectivity index (χ1) is 18.8. The van der Waals surface area contributed by atoms with Crippen LogP contribution in [0.1, 0.15) is 43.2 Å². The number of carboxylic acid groups (broad SMARTS) is 1. The van der Waals surface area contributed by atoms with Crippen molar-refractivity contribution in [2.24, 2.45) is 0 Å². The molecule has 2 heterocycles. The van der Waals surface area contributed by atoms with Gasteiger partial charge in [0.1, 0.15) is 12.4 Å². The first-order valence-corrected chi connectivity index (χ1v) is 12.3. The molecule has 12 heteroatoms. The molecular weight excluding hydrogens is 512 g/mol. The van der Waals surface area contributed by atoms with Crippen LogP contribution >= 0.6 is 0 Å². The number of rotatable bonds is 14. The molecule has 1 aromatic rings. The fraction of sp³-hybridized carbons (Fsp3) is 0.444. The minimum Gasteiger partial charge on any atom is -0.479 e. The Balaban J connectivity index is 0.00000260. The van der Waals surface area contributed by atoms with Crippen molar-refractivity contribution < 1.29 is 48.4 Å². The molecule has 3 N–H and O–H groups in total. The van der Waals surface area contributed by atoms with E-state index >= 15 is 0 Å². The maximum atomic E-state index is 12.0. The molecule has 3 unspecified atom stereocenters. The second kappa shape index (κ2) is 15.9. The van der Waals surface area contributed by atoms with E-state index in [1.165, 1.54) is 12.2 Å². The fourth-order valence-electron chi connectivity index (χ4n) is 4.01. The maximum absolute atomic E-state index is 12.0. The van der Waals surface area contributed by atoms with Crippen molar-refractivity contribution in [2.45, 2.75) is 63.6 Å². The van der Waals surface area contributed by atoms with Crippen LogP contribution in [0, 0.1) is 12.8 Å². The van der Waals surface area contributed by atoms with Gasteiger partial charge in [0.15, 0.2) is 6.10 Å². The lowest BCUT2D eigenvalue weighted by Crippen LogP contribution is -2.42. The third-order valence-electron chi connectivity index (χ3n) is 5.91. The number of carbonyl (C=O) groups excluding carboxylic acids is 4. The number of carbonyl (C=O) groups is 5. The molecule has 0 aromatic heterocycles. The molecule has 3 rings (SSSR count). The highest BCUT2D eigenvalue weighted by atomic mass is 16.7. The van der Waals surface area contributed by atoms with Gasteiger partial charge in [-0.3, -0.25) is 24.1 Å². The van der Waals surface area contributed by atoms with Crippen molar-refractivity contribution in [3.8, 4) is 18.6 Å². The second-order valence-corrected chi connectivity index (χ2v) is 8.70. The summed E-state index contributed by atoms with van der Waals surface area (Å²) in [5, 5.41) is 21.9. The number of aryl methyl sites for hydroxylation is 1. The van der Waals surface area contributed by atoms with Crippen LogP contribution in [0.3, 0.4) is 0 Å². The summed E-state index contributed by atoms with van der Waals surface area (Å²) in [5.74, 6) is -1.91. The van der Waals surface area contributed by atoms with Crippen LogP contribution in [-0.2, 0) is 46.5 Å². The van der Waals surface area contributed by atoms with Gasteiger partial charge in [-0.15, -0.1) is 12.8 Å². The molecule has 3 amide bonds. The third-order valence-corrected chi connectivity index (χ3v) is 5.91. The van der Waals surface area contributed by atoms with Gasteiger partial charge in [0.25, 0.3) is 18.3 Å². The van der Waals surface area contributed by atoms with Gasteiger partial charge in [0.05, 0.1) is 6.10 Å². The first kappa shape index (κ1) is 31.0. The van der Waals surface area contributed by atoms with E-state index in [0.717, 1.165) is 16.9 Å². The zero-order chi connectivity index (χ0) is 28.8. The Labute approximate surface area is 225 Å². The summed E-state index contributed by atoms with van der Waals surface area (Å²) in [6, 6.07) is 5.31. The number of hydrogen-bond donors (Lipinski definition) is 3. The Kier molecular flexibility index (Phi) is 12.6. The van der Waals surface area contributed by atoms with Gasteiger partial charge in [0, 0.05) is 50.1 Å². The quantitative estimate of drug-likeness (QED) is 0.131. The van der Waals surface area contributed by atoms with E-state index in [-0.39, 0.29) is 38.3 Å². The molecule has 0 aliphatic carbocycles. The van der Waals surface area contributed by atoms with Crippen LogP contribution in [0.25, 0.3) is 0 Å². The fourth-order valence-corrected chi connectivity index (χ4v) is 4.01. The monoisotopic (exact) mass is 544 g/mol. The summed E-state index contributed by atoms with van der Waals surface area (Å²) in [5.41, 5.74) is 1.50. The molecule has 2 aliphatic rings. The van der Waals surface area contributed by atoms with Crippen LogP contribution in [0.15, 0.2) is 30.4 Å². The molecule has 0 bridgehead atoms. The average molecular weight is 545 g/mol. The predicted octanol–water partition coefficient (Wildman–Crippen LogP) is 0.692. The molecule has 1 saturated heterocycles. The van der Waals surface area contributed by atoms with Gasteiger partial charge in [0.2, 0.25) is 12.2 Å². The van der Waals surface area contributed by atoms with Gasteiger partial charge < -0.3 is 29.7 Å². The average Bonchev–Trinajstić information content (AvgIpc) is 3.24. The van der Waals surface area contributed by atoms with Gasteiger partial charge in [-0.25, -0.2) is 4.79 Å². The van der Waals surface area contributed by atoms with E-state index in [9.17, 15) is 34.2 Å². The number of unbranched alkanes of at least 4 members (excludes halogenated alkanes) is 1. The topological polar surface area (TPSA) is 169 Å². The molecule has 1 fully saturated rings. The number of hydrogen-bond acceptors (Lipinski definition) is 9. The number of ether oxygens (including phenoxy) is 3. The smallest absolute Gasteiger partial charge is 0.333 e. The molecule has 2 aliphatic heterocycles. The summed E-state index contributed by atoms with van der Waals surface area (Å²) in [7, 11) is 0. The van der Waals surface area contributed by atoms with Crippen LogP contribution in [0.2, 0.25) is 0 Å². The third kappa shape index (κ3) is 9.88. The highest BCUT2D eigenvalue weighted by molar-refractivity contribution is 6.13. The van der Waals surface area contributed by atoms with Crippen molar-refractivity contribution in [1.82, 2.24) is 10.2 Å². The number of aliphatic hydroxyl groups is 1. The largest absolute Gasteiger partial charge is 0.479 e. The number of amides is 3. The molecule has 39 heavy (non-hydrogen) atoms. The van der Waals surface area contributed by atoms with E-state index in [1.54, 1.807) is 6.07 Å².